The predicted molar refractivity (Wildman–Crippen MR) is 78.4 cm³/mol. The summed E-state index contributed by atoms with van der Waals surface area (Å²) in [6.45, 7) is 4.34. The molecule has 0 fully saturated rings. The number of nitrogens with one attached hydrogen (secondary N) is 1. The first-order valence-electron chi connectivity index (χ1n) is 6.51. The summed E-state index contributed by atoms with van der Waals surface area (Å²) in [5.74, 6) is 0.974. The second kappa shape index (κ2) is 5.90. The van der Waals surface area contributed by atoms with E-state index < -0.39 is 0 Å². The van der Waals surface area contributed by atoms with Crippen LogP contribution in [-0.4, -0.2) is 27.3 Å². The van der Waals surface area contributed by atoms with E-state index in [1.807, 2.05) is 25.2 Å². The predicted octanol–water partition coefficient (Wildman–Crippen LogP) is 2.65. The van der Waals surface area contributed by atoms with Gasteiger partial charge in [0.05, 0.1) is 17.1 Å². The maximum Gasteiger partial charge on any atom is 0.126 e. The summed E-state index contributed by atoms with van der Waals surface area (Å²) in [6.07, 6.45) is 0.736. The number of nitrogens with zero attached hydrogens (tertiary/aromatic N) is 2. The molecular weight excluding hydrogens is 262 g/mol. The molecule has 0 radical (unpaired) electrons. The third kappa shape index (κ3) is 3.08. The molecule has 0 aliphatic heterocycles. The number of hydrogen-bond donors (Lipinski definition) is 2. The Morgan fingerprint density at radius 1 is 1.42 bits per heavy atom. The molecule has 4 nitrogen and oxygen atoms in total. The van der Waals surface area contributed by atoms with Gasteiger partial charge in [0, 0.05) is 24.7 Å². The number of rotatable bonds is 5. The van der Waals surface area contributed by atoms with Gasteiger partial charge in [-0.3, -0.25) is 0 Å². The van der Waals surface area contributed by atoms with E-state index in [9.17, 15) is 0 Å². The first kappa shape index (κ1) is 14.3. The molecule has 2 unspecified atom stereocenters. The van der Waals surface area contributed by atoms with Crippen LogP contribution in [0.4, 0.5) is 0 Å². The van der Waals surface area contributed by atoms with Crippen molar-refractivity contribution in [3.8, 4) is 0 Å². The lowest BCUT2D eigenvalue weighted by Crippen LogP contribution is -2.31. The zero-order chi connectivity index (χ0) is 14.0. The Kier molecular flexibility index (Phi) is 4.45. The Bertz CT molecular complexity index is 567. The highest BCUT2D eigenvalue weighted by Gasteiger charge is 2.16. The number of imidazole rings is 1. The van der Waals surface area contributed by atoms with Crippen LogP contribution in [0.1, 0.15) is 32.1 Å². The number of aliphatic hydroxyl groups is 1. The Morgan fingerprint density at radius 3 is 2.84 bits per heavy atom. The van der Waals surface area contributed by atoms with Crippen LogP contribution in [0.2, 0.25) is 5.02 Å². The third-order valence-corrected chi connectivity index (χ3v) is 3.60. The summed E-state index contributed by atoms with van der Waals surface area (Å²) in [5.41, 5.74) is 1.98. The van der Waals surface area contributed by atoms with Gasteiger partial charge in [0.1, 0.15) is 5.82 Å². The van der Waals surface area contributed by atoms with Crippen LogP contribution < -0.4 is 5.32 Å². The van der Waals surface area contributed by atoms with Crippen molar-refractivity contribution in [1.29, 1.82) is 0 Å². The van der Waals surface area contributed by atoms with Crippen LogP contribution in [-0.2, 0) is 7.05 Å². The molecule has 1 aromatic carbocycles. The summed E-state index contributed by atoms with van der Waals surface area (Å²) in [5, 5.41) is 13.1. The molecule has 2 aromatic rings. The maximum atomic E-state index is 8.94. The Balaban J connectivity index is 2.27. The summed E-state index contributed by atoms with van der Waals surface area (Å²) in [6, 6.07) is 6.12. The van der Waals surface area contributed by atoms with Crippen LogP contribution >= 0.6 is 11.6 Å². The van der Waals surface area contributed by atoms with Crippen LogP contribution in [0, 0.1) is 0 Å². The standard InChI is InChI=1S/C14H20ClN3O/c1-9(6-7-19)16-10(2)14-17-12-8-11(15)4-5-13(12)18(14)3/h4-5,8-10,16,19H,6-7H2,1-3H3. The highest BCUT2D eigenvalue weighted by molar-refractivity contribution is 6.31. The van der Waals surface area contributed by atoms with Gasteiger partial charge in [-0.1, -0.05) is 11.6 Å². The zero-order valence-corrected chi connectivity index (χ0v) is 12.3. The van der Waals surface area contributed by atoms with Gasteiger partial charge in [-0.2, -0.15) is 0 Å². The summed E-state index contributed by atoms with van der Waals surface area (Å²) in [7, 11) is 2.01. The van der Waals surface area contributed by atoms with Crippen molar-refractivity contribution >= 4 is 22.6 Å². The number of aryl methyl sites for hydroxylation is 1. The van der Waals surface area contributed by atoms with Gasteiger partial charge < -0.3 is 15.0 Å². The van der Waals surface area contributed by atoms with E-state index >= 15 is 0 Å². The molecule has 2 rings (SSSR count). The fraction of sp³-hybridized carbons (Fsp3) is 0.500. The van der Waals surface area contributed by atoms with Crippen molar-refractivity contribution in [2.45, 2.75) is 32.4 Å². The molecule has 1 heterocycles. The van der Waals surface area contributed by atoms with Gasteiger partial charge in [-0.15, -0.1) is 0 Å². The quantitative estimate of drug-likeness (QED) is 0.886. The van der Waals surface area contributed by atoms with E-state index in [-0.39, 0.29) is 18.7 Å². The van der Waals surface area contributed by atoms with Crippen molar-refractivity contribution in [2.75, 3.05) is 6.61 Å². The highest BCUT2D eigenvalue weighted by atomic mass is 35.5. The van der Waals surface area contributed by atoms with Crippen LogP contribution in [0.25, 0.3) is 11.0 Å². The number of fused-ring (bicyclic) bond motifs is 1. The highest BCUT2D eigenvalue weighted by Crippen LogP contribution is 2.22. The largest absolute Gasteiger partial charge is 0.396 e. The minimum atomic E-state index is 0.123. The smallest absolute Gasteiger partial charge is 0.126 e. The van der Waals surface area contributed by atoms with Crippen molar-refractivity contribution < 1.29 is 5.11 Å². The topological polar surface area (TPSA) is 50.1 Å². The number of aliphatic hydroxyl groups excluding tert-OH is 1. The van der Waals surface area contributed by atoms with Gasteiger partial charge in [0.15, 0.2) is 0 Å². The maximum absolute atomic E-state index is 8.94. The monoisotopic (exact) mass is 281 g/mol. The SMILES string of the molecule is CC(CCO)NC(C)c1nc2cc(Cl)ccc2n1C. The molecule has 1 aromatic heterocycles. The first-order valence-corrected chi connectivity index (χ1v) is 6.89. The molecule has 0 amide bonds. The molecular formula is C14H20ClN3O. The second-order valence-corrected chi connectivity index (χ2v) is 5.40. The summed E-state index contributed by atoms with van der Waals surface area (Å²) in [4.78, 5) is 4.64. The molecule has 0 aliphatic carbocycles. The molecule has 0 bridgehead atoms. The van der Waals surface area contributed by atoms with E-state index in [4.69, 9.17) is 16.7 Å². The van der Waals surface area contributed by atoms with Crippen LogP contribution in [0.15, 0.2) is 18.2 Å². The Hall–Kier alpha value is -1.10. The minimum Gasteiger partial charge on any atom is -0.396 e. The van der Waals surface area contributed by atoms with Crippen molar-refractivity contribution in [3.63, 3.8) is 0 Å². The molecule has 104 valence electrons. The van der Waals surface area contributed by atoms with Gasteiger partial charge in [-0.25, -0.2) is 4.98 Å². The van der Waals surface area contributed by atoms with E-state index in [1.165, 1.54) is 0 Å². The van der Waals surface area contributed by atoms with Gasteiger partial charge >= 0.3 is 0 Å². The van der Waals surface area contributed by atoms with Gasteiger partial charge in [0.25, 0.3) is 0 Å². The van der Waals surface area contributed by atoms with E-state index in [2.05, 4.69) is 28.7 Å². The number of halogens is 1. The van der Waals surface area contributed by atoms with Crippen molar-refractivity contribution in [2.24, 2.45) is 7.05 Å². The molecule has 0 spiro atoms. The fourth-order valence-electron chi connectivity index (χ4n) is 2.36. The average molecular weight is 282 g/mol. The lowest BCUT2D eigenvalue weighted by Gasteiger charge is -2.19. The average Bonchev–Trinajstić information content (AvgIpc) is 2.66. The van der Waals surface area contributed by atoms with Crippen LogP contribution in [0.5, 0.6) is 0 Å². The van der Waals surface area contributed by atoms with Gasteiger partial charge in [0.2, 0.25) is 0 Å². The fourth-order valence-corrected chi connectivity index (χ4v) is 2.52. The molecule has 5 heteroatoms. The van der Waals surface area contributed by atoms with Gasteiger partial charge in [-0.05, 0) is 38.5 Å². The first-order chi connectivity index (χ1) is 9.02. The minimum absolute atomic E-state index is 0.123. The summed E-state index contributed by atoms with van der Waals surface area (Å²) < 4.78 is 2.08. The Labute approximate surface area is 118 Å². The number of hydrogen-bond acceptors (Lipinski definition) is 3. The van der Waals surface area contributed by atoms with E-state index in [1.54, 1.807) is 0 Å². The van der Waals surface area contributed by atoms with Crippen LogP contribution in [0.3, 0.4) is 0 Å². The molecule has 0 saturated heterocycles. The third-order valence-electron chi connectivity index (χ3n) is 3.36. The lowest BCUT2D eigenvalue weighted by molar-refractivity contribution is 0.263. The molecule has 2 atom stereocenters. The molecule has 19 heavy (non-hydrogen) atoms. The van der Waals surface area contributed by atoms with Crippen molar-refractivity contribution in [1.82, 2.24) is 14.9 Å². The lowest BCUT2D eigenvalue weighted by atomic mass is 10.2. The zero-order valence-electron chi connectivity index (χ0n) is 11.5. The van der Waals surface area contributed by atoms with Crippen molar-refractivity contribution in [3.05, 3.63) is 29.0 Å². The molecule has 2 N–H and O–H groups in total. The number of aromatic nitrogens is 2. The molecule has 0 aliphatic rings. The Morgan fingerprint density at radius 2 is 2.16 bits per heavy atom. The number of benzene rings is 1. The van der Waals surface area contributed by atoms with E-state index in [0.29, 0.717) is 5.02 Å². The second-order valence-electron chi connectivity index (χ2n) is 4.96. The van der Waals surface area contributed by atoms with E-state index in [0.717, 1.165) is 23.3 Å². The summed E-state index contributed by atoms with van der Waals surface area (Å²) >= 11 is 5.99. The molecule has 0 saturated carbocycles. The normalized spacial score (nSPS) is 14.8.